The van der Waals surface area contributed by atoms with Gasteiger partial charge in [-0.25, -0.2) is 14.4 Å². The van der Waals surface area contributed by atoms with Gasteiger partial charge < -0.3 is 15.0 Å². The quantitative estimate of drug-likeness (QED) is 0.395. The second-order valence-corrected chi connectivity index (χ2v) is 11.1. The number of hydrogen-bond donors (Lipinski definition) is 1. The number of piperidine rings is 1. The summed E-state index contributed by atoms with van der Waals surface area (Å²) in [6.45, 7) is 17.0. The zero-order valence-electron chi connectivity index (χ0n) is 24.5. The van der Waals surface area contributed by atoms with Crippen LogP contribution in [0.5, 0.6) is 0 Å². The van der Waals surface area contributed by atoms with Crippen LogP contribution < -0.4 is 10.2 Å². The lowest BCUT2D eigenvalue weighted by atomic mass is 10.0. The predicted molar refractivity (Wildman–Crippen MR) is 158 cm³/mol. The molecule has 0 aliphatic carbocycles. The molecule has 2 aliphatic heterocycles. The van der Waals surface area contributed by atoms with Crippen molar-refractivity contribution in [1.82, 2.24) is 29.5 Å². The lowest BCUT2D eigenvalue weighted by molar-refractivity contribution is -0.0414. The van der Waals surface area contributed by atoms with Crippen LogP contribution in [0.2, 0.25) is 0 Å². The van der Waals surface area contributed by atoms with Gasteiger partial charge >= 0.3 is 0 Å². The average molecular weight is 551 g/mol. The van der Waals surface area contributed by atoms with Crippen molar-refractivity contribution in [2.24, 2.45) is 0 Å². The number of aryl methyl sites for hydroxylation is 1. The van der Waals surface area contributed by atoms with Gasteiger partial charge in [0, 0.05) is 61.9 Å². The second-order valence-electron chi connectivity index (χ2n) is 11.1. The molecule has 3 aromatic rings. The van der Waals surface area contributed by atoms with Crippen LogP contribution in [-0.2, 0) is 4.74 Å². The SMILES string of the molecule is CCN(C1CCN(c2ccc(Nc3ncc(C)c(-c4cnn(C(C)C)c4)n3)cc2F)CC1)C(C)N1CCOCC1. The Morgan fingerprint density at radius 3 is 2.50 bits per heavy atom. The zero-order valence-corrected chi connectivity index (χ0v) is 24.5. The largest absolute Gasteiger partial charge is 0.379 e. The smallest absolute Gasteiger partial charge is 0.227 e. The van der Waals surface area contributed by atoms with Crippen LogP contribution in [0.15, 0.2) is 36.8 Å². The molecule has 2 aromatic heterocycles. The number of nitrogens with one attached hydrogen (secondary N) is 1. The third-order valence-corrected chi connectivity index (χ3v) is 8.27. The molecular weight excluding hydrogens is 507 g/mol. The highest BCUT2D eigenvalue weighted by molar-refractivity contribution is 5.65. The molecule has 0 spiro atoms. The Balaban J connectivity index is 1.22. The van der Waals surface area contributed by atoms with Crippen LogP contribution in [0, 0.1) is 12.7 Å². The van der Waals surface area contributed by atoms with Crippen molar-refractivity contribution in [3.05, 3.63) is 48.2 Å². The Labute approximate surface area is 237 Å². The molecule has 1 atom stereocenters. The molecule has 0 saturated carbocycles. The molecule has 0 bridgehead atoms. The van der Waals surface area contributed by atoms with Gasteiger partial charge in [-0.1, -0.05) is 6.92 Å². The van der Waals surface area contributed by atoms with E-state index in [1.54, 1.807) is 12.3 Å². The first-order valence-electron chi connectivity index (χ1n) is 14.6. The fraction of sp³-hybridized carbons (Fsp3) is 0.567. The normalized spacial score (nSPS) is 18.1. The molecule has 2 saturated heterocycles. The van der Waals surface area contributed by atoms with Crippen LogP contribution >= 0.6 is 0 Å². The van der Waals surface area contributed by atoms with E-state index in [1.165, 1.54) is 0 Å². The summed E-state index contributed by atoms with van der Waals surface area (Å²) in [6.07, 6.45) is 8.03. The molecule has 2 aliphatic rings. The monoisotopic (exact) mass is 550 g/mol. The molecule has 2 fully saturated rings. The van der Waals surface area contributed by atoms with E-state index >= 15 is 4.39 Å². The summed E-state index contributed by atoms with van der Waals surface area (Å²) in [7, 11) is 0. The van der Waals surface area contributed by atoms with E-state index in [0.29, 0.717) is 29.5 Å². The number of anilines is 3. The molecule has 1 unspecified atom stereocenters. The maximum Gasteiger partial charge on any atom is 0.227 e. The van der Waals surface area contributed by atoms with E-state index in [9.17, 15) is 0 Å². The van der Waals surface area contributed by atoms with E-state index in [2.05, 4.69) is 57.8 Å². The van der Waals surface area contributed by atoms with Crippen molar-refractivity contribution in [1.29, 1.82) is 0 Å². The first-order valence-corrected chi connectivity index (χ1v) is 14.6. The first-order chi connectivity index (χ1) is 19.3. The second kappa shape index (κ2) is 12.6. The van der Waals surface area contributed by atoms with Crippen LogP contribution in [0.25, 0.3) is 11.3 Å². The molecular formula is C30H43FN8O. The maximum atomic E-state index is 15.4. The molecule has 10 heteroatoms. The number of ether oxygens (including phenoxy) is 1. The van der Waals surface area contributed by atoms with E-state index < -0.39 is 0 Å². The van der Waals surface area contributed by atoms with E-state index in [4.69, 9.17) is 9.72 Å². The Kier molecular flexibility index (Phi) is 8.97. The molecule has 0 amide bonds. The highest BCUT2D eigenvalue weighted by atomic mass is 19.1. The Morgan fingerprint density at radius 1 is 1.10 bits per heavy atom. The Bertz CT molecular complexity index is 1270. The van der Waals surface area contributed by atoms with Gasteiger partial charge in [-0.2, -0.15) is 5.10 Å². The van der Waals surface area contributed by atoms with Gasteiger partial charge in [-0.15, -0.1) is 0 Å². The van der Waals surface area contributed by atoms with Crippen LogP contribution in [0.4, 0.5) is 21.7 Å². The number of benzene rings is 1. The standard InChI is InChI=1S/C30H43FN8O/c1-6-38(23(5)36-13-15-40-16-14-36)26-9-11-37(12-10-26)28-8-7-25(17-27(28)31)34-30-32-18-22(4)29(35-30)24-19-33-39(20-24)21(2)3/h7-8,17-21,23,26H,6,9-16H2,1-5H3,(H,32,34,35). The van der Waals surface area contributed by atoms with Crippen molar-refractivity contribution < 1.29 is 9.13 Å². The topological polar surface area (TPSA) is 74.6 Å². The van der Waals surface area contributed by atoms with E-state index in [1.807, 2.05) is 36.1 Å². The minimum absolute atomic E-state index is 0.233. The summed E-state index contributed by atoms with van der Waals surface area (Å²) in [5, 5.41) is 7.62. The molecule has 5 rings (SSSR count). The van der Waals surface area contributed by atoms with Gasteiger partial charge in [-0.3, -0.25) is 14.5 Å². The van der Waals surface area contributed by atoms with Crippen molar-refractivity contribution in [3.63, 3.8) is 0 Å². The Hall–Kier alpha value is -3.08. The summed E-state index contributed by atoms with van der Waals surface area (Å²) in [4.78, 5) is 16.4. The maximum absolute atomic E-state index is 15.4. The number of halogens is 1. The third-order valence-electron chi connectivity index (χ3n) is 8.27. The lowest BCUT2D eigenvalue weighted by Crippen LogP contribution is -2.56. The molecule has 40 heavy (non-hydrogen) atoms. The molecule has 9 nitrogen and oxygen atoms in total. The minimum atomic E-state index is -0.233. The lowest BCUT2D eigenvalue weighted by Gasteiger charge is -2.45. The van der Waals surface area contributed by atoms with Crippen molar-refractivity contribution in [3.8, 4) is 11.3 Å². The highest BCUT2D eigenvalue weighted by Gasteiger charge is 2.30. The third kappa shape index (κ3) is 6.29. The van der Waals surface area contributed by atoms with Crippen LogP contribution in [0.1, 0.15) is 52.1 Å². The highest BCUT2D eigenvalue weighted by Crippen LogP contribution is 2.30. The van der Waals surface area contributed by atoms with Crippen molar-refractivity contribution in [2.45, 2.75) is 65.7 Å². The van der Waals surface area contributed by atoms with E-state index in [0.717, 1.165) is 75.6 Å². The number of morpholine rings is 1. The zero-order chi connectivity index (χ0) is 28.2. The summed E-state index contributed by atoms with van der Waals surface area (Å²) >= 11 is 0. The molecule has 1 N–H and O–H groups in total. The summed E-state index contributed by atoms with van der Waals surface area (Å²) in [5.74, 6) is 0.197. The number of nitrogens with zero attached hydrogens (tertiary/aromatic N) is 7. The van der Waals surface area contributed by atoms with Crippen LogP contribution in [0.3, 0.4) is 0 Å². The summed E-state index contributed by atoms with van der Waals surface area (Å²) in [6, 6.07) is 6.09. The minimum Gasteiger partial charge on any atom is -0.379 e. The van der Waals surface area contributed by atoms with Gasteiger partial charge in [0.15, 0.2) is 0 Å². The van der Waals surface area contributed by atoms with Gasteiger partial charge in [0.1, 0.15) is 5.82 Å². The summed E-state index contributed by atoms with van der Waals surface area (Å²) < 4.78 is 22.8. The fourth-order valence-electron chi connectivity index (χ4n) is 5.93. The number of aromatic nitrogens is 4. The van der Waals surface area contributed by atoms with Gasteiger partial charge in [0.2, 0.25) is 5.95 Å². The molecule has 216 valence electrons. The average Bonchev–Trinajstić information content (AvgIpc) is 3.46. The summed E-state index contributed by atoms with van der Waals surface area (Å²) in [5.41, 5.74) is 3.98. The molecule has 4 heterocycles. The van der Waals surface area contributed by atoms with Gasteiger partial charge in [-0.05, 0) is 70.8 Å². The Morgan fingerprint density at radius 2 is 1.85 bits per heavy atom. The van der Waals surface area contributed by atoms with Gasteiger partial charge in [0.05, 0.1) is 37.0 Å². The number of hydrogen-bond acceptors (Lipinski definition) is 8. The molecule has 1 aromatic carbocycles. The van der Waals surface area contributed by atoms with Crippen molar-refractivity contribution >= 4 is 17.3 Å². The van der Waals surface area contributed by atoms with Gasteiger partial charge in [0.25, 0.3) is 0 Å². The number of rotatable bonds is 9. The fourth-order valence-corrected chi connectivity index (χ4v) is 5.93. The van der Waals surface area contributed by atoms with Crippen molar-refractivity contribution in [2.75, 3.05) is 56.2 Å². The first kappa shape index (κ1) is 28.4. The van der Waals surface area contributed by atoms with E-state index in [-0.39, 0.29) is 11.9 Å². The van der Waals surface area contributed by atoms with Crippen LogP contribution in [-0.4, -0.2) is 87.7 Å². The predicted octanol–water partition coefficient (Wildman–Crippen LogP) is 5.08. The molecule has 0 radical (unpaired) electrons.